The van der Waals surface area contributed by atoms with Crippen molar-refractivity contribution in [1.29, 1.82) is 0 Å². The molecule has 1 aliphatic heterocycles. The number of hydrogen-bond acceptors (Lipinski definition) is 2. The summed E-state index contributed by atoms with van der Waals surface area (Å²) in [5.41, 5.74) is 0. The molecule has 2 aromatic rings. The number of quaternary nitrogens is 2. The Bertz CT molecular complexity index is 780. The van der Waals surface area contributed by atoms with Crippen LogP contribution in [0.2, 0.25) is 0 Å². The number of sulfone groups is 1. The molecule has 0 aromatic heterocycles. The molecule has 1 atom stereocenters. The molecular weight excluding hydrogens is 308 g/mol. The lowest BCUT2D eigenvalue weighted by molar-refractivity contribution is -1.01. The molecule has 0 unspecified atom stereocenters. The van der Waals surface area contributed by atoms with E-state index in [-0.39, 0.29) is 11.8 Å². The van der Waals surface area contributed by atoms with E-state index in [4.69, 9.17) is 0 Å². The minimum absolute atomic E-state index is 0.138. The van der Waals surface area contributed by atoms with Crippen molar-refractivity contribution in [2.75, 3.05) is 39.0 Å². The molecule has 1 fully saturated rings. The zero-order valence-electron chi connectivity index (χ0n) is 13.9. The number of fused-ring (bicyclic) bond motifs is 1. The Hall–Kier alpha value is -1.43. The van der Waals surface area contributed by atoms with Crippen molar-refractivity contribution in [2.24, 2.45) is 0 Å². The maximum absolute atomic E-state index is 12.8. The molecule has 0 amide bonds. The highest BCUT2D eigenvalue weighted by Gasteiger charge is 2.29. The molecule has 0 radical (unpaired) electrons. The Balaban J connectivity index is 1.77. The van der Waals surface area contributed by atoms with Gasteiger partial charge in [-0.2, -0.15) is 0 Å². The van der Waals surface area contributed by atoms with Gasteiger partial charge in [-0.25, -0.2) is 8.42 Å². The lowest BCUT2D eigenvalue weighted by Gasteiger charge is -2.31. The minimum Gasteiger partial charge on any atom is -0.328 e. The van der Waals surface area contributed by atoms with Crippen LogP contribution in [-0.2, 0) is 9.84 Å². The van der Waals surface area contributed by atoms with Crippen LogP contribution in [0.1, 0.15) is 6.92 Å². The normalized spacial score (nSPS) is 23.7. The summed E-state index contributed by atoms with van der Waals surface area (Å²) in [6.07, 6.45) is 0. The number of benzene rings is 2. The molecule has 0 saturated carbocycles. The second kappa shape index (κ2) is 6.59. The first-order valence-electron chi connectivity index (χ1n) is 8.33. The first-order valence-corrected chi connectivity index (χ1v) is 9.98. The smallest absolute Gasteiger partial charge is 0.184 e. The van der Waals surface area contributed by atoms with Gasteiger partial charge in [0.15, 0.2) is 9.84 Å². The highest BCUT2D eigenvalue weighted by Crippen LogP contribution is 2.20. The molecule has 1 aliphatic rings. The summed E-state index contributed by atoms with van der Waals surface area (Å²) in [5.74, 6) is 0.222. The van der Waals surface area contributed by atoms with Crippen LogP contribution in [0, 0.1) is 0 Å². The van der Waals surface area contributed by atoms with Crippen molar-refractivity contribution in [3.63, 3.8) is 0 Å². The lowest BCUT2D eigenvalue weighted by Crippen LogP contribution is -3.28. The van der Waals surface area contributed by atoms with Crippen molar-refractivity contribution in [2.45, 2.75) is 17.9 Å². The second-order valence-corrected chi connectivity index (χ2v) is 8.84. The Kier molecular flexibility index (Phi) is 4.71. The Morgan fingerprint density at radius 3 is 2.35 bits per heavy atom. The van der Waals surface area contributed by atoms with Gasteiger partial charge in [0.1, 0.15) is 31.9 Å². The molecule has 1 heterocycles. The topological polar surface area (TPSA) is 43.0 Å². The summed E-state index contributed by atoms with van der Waals surface area (Å²) >= 11 is 0. The Morgan fingerprint density at radius 2 is 1.65 bits per heavy atom. The highest BCUT2D eigenvalue weighted by molar-refractivity contribution is 7.91. The molecule has 0 bridgehead atoms. The molecule has 0 spiro atoms. The van der Waals surface area contributed by atoms with Gasteiger partial charge >= 0.3 is 0 Å². The summed E-state index contributed by atoms with van der Waals surface area (Å²) in [6.45, 7) is 6.42. The maximum atomic E-state index is 12.8. The SMILES string of the molecule is C[C@@H](CS(=O)(=O)c1ccc2ccccc2c1)[NH+]1CC[NH+](C)CC1. The average Bonchev–Trinajstić information content (AvgIpc) is 2.54. The Morgan fingerprint density at radius 1 is 1.00 bits per heavy atom. The quantitative estimate of drug-likeness (QED) is 0.785. The zero-order chi connectivity index (χ0) is 16.4. The Labute approximate surface area is 138 Å². The monoisotopic (exact) mass is 334 g/mol. The van der Waals surface area contributed by atoms with E-state index >= 15 is 0 Å². The van der Waals surface area contributed by atoms with E-state index in [1.165, 1.54) is 4.90 Å². The molecule has 0 aliphatic carbocycles. The number of piperazine rings is 1. The summed E-state index contributed by atoms with van der Waals surface area (Å²) in [4.78, 5) is 3.40. The largest absolute Gasteiger partial charge is 0.328 e. The van der Waals surface area contributed by atoms with Crippen LogP contribution >= 0.6 is 0 Å². The molecule has 3 rings (SSSR count). The van der Waals surface area contributed by atoms with Crippen molar-refractivity contribution >= 4 is 20.6 Å². The third-order valence-corrected chi connectivity index (χ3v) is 6.90. The van der Waals surface area contributed by atoms with Crippen molar-refractivity contribution in [3.8, 4) is 0 Å². The van der Waals surface area contributed by atoms with E-state index in [0.717, 1.165) is 37.0 Å². The fourth-order valence-electron chi connectivity index (χ4n) is 3.39. The molecule has 5 heteroatoms. The molecular formula is C18H26N2O2S+2. The van der Waals surface area contributed by atoms with Crippen LogP contribution in [-0.4, -0.2) is 53.4 Å². The van der Waals surface area contributed by atoms with Crippen LogP contribution in [0.3, 0.4) is 0 Å². The summed E-state index contributed by atoms with van der Waals surface area (Å²) < 4.78 is 25.5. The number of rotatable bonds is 4. The summed E-state index contributed by atoms with van der Waals surface area (Å²) in [7, 11) is -1.04. The summed E-state index contributed by atoms with van der Waals surface area (Å²) in [6, 6.07) is 13.5. The third-order valence-electron chi connectivity index (χ3n) is 4.99. The second-order valence-electron chi connectivity index (χ2n) is 6.81. The molecule has 1 saturated heterocycles. The number of nitrogens with one attached hydrogen (secondary N) is 2. The van der Waals surface area contributed by atoms with E-state index in [1.54, 1.807) is 17.0 Å². The van der Waals surface area contributed by atoms with Crippen LogP contribution in [0.4, 0.5) is 0 Å². The average molecular weight is 334 g/mol. The first kappa shape index (κ1) is 16.4. The molecule has 23 heavy (non-hydrogen) atoms. The minimum atomic E-state index is -3.24. The highest BCUT2D eigenvalue weighted by atomic mass is 32.2. The van der Waals surface area contributed by atoms with Gasteiger partial charge in [-0.05, 0) is 29.8 Å². The van der Waals surface area contributed by atoms with Crippen LogP contribution < -0.4 is 9.80 Å². The maximum Gasteiger partial charge on any atom is 0.184 e. The van der Waals surface area contributed by atoms with Crippen LogP contribution in [0.25, 0.3) is 10.8 Å². The van der Waals surface area contributed by atoms with Gasteiger partial charge < -0.3 is 9.80 Å². The fraction of sp³-hybridized carbons (Fsp3) is 0.444. The van der Waals surface area contributed by atoms with Gasteiger partial charge in [0.25, 0.3) is 0 Å². The fourth-order valence-corrected chi connectivity index (χ4v) is 5.06. The first-order chi connectivity index (χ1) is 11.0. The number of likely N-dealkylation sites (N-methyl/N-ethyl adjacent to an activating group) is 1. The van der Waals surface area contributed by atoms with Gasteiger partial charge in [-0.1, -0.05) is 30.3 Å². The van der Waals surface area contributed by atoms with Crippen molar-refractivity contribution < 1.29 is 18.2 Å². The van der Waals surface area contributed by atoms with E-state index in [1.807, 2.05) is 30.3 Å². The van der Waals surface area contributed by atoms with Gasteiger partial charge in [0.05, 0.1) is 18.0 Å². The van der Waals surface area contributed by atoms with Gasteiger partial charge in [-0.15, -0.1) is 0 Å². The van der Waals surface area contributed by atoms with E-state index in [9.17, 15) is 8.42 Å². The molecule has 2 aromatic carbocycles. The molecule has 124 valence electrons. The standard InChI is InChI=1S/C18H24N2O2S/c1-15(20-11-9-19(2)10-12-20)14-23(21,22)18-8-7-16-5-3-4-6-17(16)13-18/h3-8,13,15H,9-12,14H2,1-2H3/p+2/t15-/m0/s1. The van der Waals surface area contributed by atoms with E-state index < -0.39 is 9.84 Å². The van der Waals surface area contributed by atoms with E-state index in [2.05, 4.69) is 14.0 Å². The molecule has 2 N–H and O–H groups in total. The lowest BCUT2D eigenvalue weighted by atomic mass is 10.1. The third kappa shape index (κ3) is 3.74. The molecule has 4 nitrogen and oxygen atoms in total. The zero-order valence-corrected chi connectivity index (χ0v) is 14.7. The van der Waals surface area contributed by atoms with E-state index in [0.29, 0.717) is 4.90 Å². The predicted octanol–water partition coefficient (Wildman–Crippen LogP) is -0.585. The van der Waals surface area contributed by atoms with Crippen molar-refractivity contribution in [1.82, 2.24) is 0 Å². The van der Waals surface area contributed by atoms with Crippen molar-refractivity contribution in [3.05, 3.63) is 42.5 Å². The van der Waals surface area contributed by atoms with Gasteiger partial charge in [0.2, 0.25) is 0 Å². The van der Waals surface area contributed by atoms with Crippen LogP contribution in [0.15, 0.2) is 47.4 Å². The number of hydrogen-bond donors (Lipinski definition) is 2. The van der Waals surface area contributed by atoms with Gasteiger partial charge in [-0.3, -0.25) is 0 Å². The van der Waals surface area contributed by atoms with Gasteiger partial charge in [0, 0.05) is 0 Å². The summed E-state index contributed by atoms with van der Waals surface area (Å²) in [5, 5.41) is 2.06. The van der Waals surface area contributed by atoms with Crippen LogP contribution in [0.5, 0.6) is 0 Å². The predicted molar refractivity (Wildman–Crippen MR) is 92.8 cm³/mol.